The Kier molecular flexibility index (Phi) is 6.78. The molecule has 1 amide bonds. The number of nitrogens with one attached hydrogen (secondary N) is 1. The highest BCUT2D eigenvalue weighted by atomic mass is 16.6. The Hall–Kier alpha value is -4.00. The van der Waals surface area contributed by atoms with Crippen LogP contribution in [0.1, 0.15) is 41.0 Å². The van der Waals surface area contributed by atoms with Gasteiger partial charge in [0.25, 0.3) is 5.91 Å². The molecule has 13 nitrogen and oxygen atoms in total. The van der Waals surface area contributed by atoms with Crippen molar-refractivity contribution in [3.05, 3.63) is 35.2 Å². The predicted molar refractivity (Wildman–Crippen MR) is 117 cm³/mol. The second-order valence-corrected chi connectivity index (χ2v) is 7.39. The summed E-state index contributed by atoms with van der Waals surface area (Å²) < 4.78 is 16.7. The van der Waals surface area contributed by atoms with Gasteiger partial charge in [-0.05, 0) is 48.4 Å². The van der Waals surface area contributed by atoms with Crippen molar-refractivity contribution in [3.63, 3.8) is 0 Å². The number of methoxy groups -OCH3 is 2. The maximum atomic E-state index is 12.9. The zero-order chi connectivity index (χ0) is 23.2. The molecule has 33 heavy (non-hydrogen) atoms. The largest absolute Gasteiger partial charge is 0.493 e. The summed E-state index contributed by atoms with van der Waals surface area (Å²) in [5, 5.41) is 19.6. The average Bonchev–Trinajstić information content (AvgIpc) is 3.45. The third-order valence-corrected chi connectivity index (χ3v) is 5.30. The number of hydrazone groups is 1. The first-order chi connectivity index (χ1) is 16.1. The first kappa shape index (κ1) is 22.2. The smallest absolute Gasteiger partial charge is 0.293 e. The van der Waals surface area contributed by atoms with Crippen molar-refractivity contribution in [1.82, 2.24) is 35.6 Å². The van der Waals surface area contributed by atoms with Gasteiger partial charge in [-0.15, -0.1) is 5.10 Å². The third-order valence-electron chi connectivity index (χ3n) is 5.30. The number of anilines is 1. The molecular formula is C20H25N9O4. The van der Waals surface area contributed by atoms with Gasteiger partial charge in [-0.3, -0.25) is 9.69 Å². The van der Waals surface area contributed by atoms with Crippen LogP contribution < -0.4 is 20.6 Å². The molecule has 0 unspecified atom stereocenters. The minimum absolute atomic E-state index is 0.0508. The van der Waals surface area contributed by atoms with E-state index in [1.807, 2.05) is 0 Å². The Morgan fingerprint density at radius 1 is 1.24 bits per heavy atom. The van der Waals surface area contributed by atoms with Gasteiger partial charge in [-0.2, -0.15) is 9.78 Å². The van der Waals surface area contributed by atoms with Crippen LogP contribution in [0, 0.1) is 0 Å². The van der Waals surface area contributed by atoms with Crippen LogP contribution in [0.3, 0.4) is 0 Å². The maximum Gasteiger partial charge on any atom is 0.293 e. The van der Waals surface area contributed by atoms with E-state index in [-0.39, 0.29) is 17.3 Å². The van der Waals surface area contributed by atoms with E-state index in [1.54, 1.807) is 25.3 Å². The van der Waals surface area contributed by atoms with Gasteiger partial charge in [0.2, 0.25) is 11.6 Å². The molecule has 1 aliphatic rings. The van der Waals surface area contributed by atoms with Crippen molar-refractivity contribution in [1.29, 1.82) is 0 Å². The van der Waals surface area contributed by atoms with Gasteiger partial charge in [0.05, 0.1) is 26.1 Å². The molecule has 0 saturated carbocycles. The van der Waals surface area contributed by atoms with Gasteiger partial charge in [-0.1, -0.05) is 17.7 Å². The normalized spacial score (nSPS) is 14.5. The zero-order valence-corrected chi connectivity index (χ0v) is 18.4. The number of nitrogens with two attached hydrogens (primary N) is 1. The number of aromatic nitrogens is 5. The number of amides is 1. The van der Waals surface area contributed by atoms with Crippen LogP contribution in [0.15, 0.2) is 27.9 Å². The minimum atomic E-state index is -0.526. The monoisotopic (exact) mass is 455 g/mol. The summed E-state index contributed by atoms with van der Waals surface area (Å²) in [5.74, 6) is 0.761. The van der Waals surface area contributed by atoms with Gasteiger partial charge in [-0.25, -0.2) is 10.1 Å². The number of hydrogen-bond donors (Lipinski definition) is 2. The second-order valence-electron chi connectivity index (χ2n) is 7.39. The fourth-order valence-electron chi connectivity index (χ4n) is 3.68. The van der Waals surface area contributed by atoms with Crippen LogP contribution in [0.4, 0.5) is 5.82 Å². The van der Waals surface area contributed by atoms with E-state index in [1.165, 1.54) is 24.4 Å². The van der Waals surface area contributed by atoms with Crippen molar-refractivity contribution in [2.24, 2.45) is 5.10 Å². The quantitative estimate of drug-likeness (QED) is 0.370. The molecule has 0 bridgehead atoms. The van der Waals surface area contributed by atoms with E-state index in [0.717, 1.165) is 25.9 Å². The van der Waals surface area contributed by atoms with Crippen LogP contribution in [0.5, 0.6) is 11.5 Å². The predicted octanol–water partition coefficient (Wildman–Crippen LogP) is 0.999. The van der Waals surface area contributed by atoms with E-state index in [0.29, 0.717) is 29.3 Å². The minimum Gasteiger partial charge on any atom is -0.493 e. The molecule has 0 atom stereocenters. The number of carbonyl (C=O) groups excluding carboxylic acids is 1. The molecule has 3 heterocycles. The molecule has 3 N–H and O–H groups in total. The maximum absolute atomic E-state index is 12.9. The molecule has 0 aliphatic carbocycles. The molecule has 13 heteroatoms. The molecule has 1 fully saturated rings. The van der Waals surface area contributed by atoms with Crippen LogP contribution in [0.25, 0.3) is 5.82 Å². The van der Waals surface area contributed by atoms with E-state index >= 15 is 0 Å². The number of piperidine rings is 1. The van der Waals surface area contributed by atoms with Gasteiger partial charge >= 0.3 is 0 Å². The molecule has 3 aromatic rings. The molecule has 174 valence electrons. The summed E-state index contributed by atoms with van der Waals surface area (Å²) >= 11 is 0. The number of nitrogen functional groups attached to an aromatic ring is 1. The first-order valence-corrected chi connectivity index (χ1v) is 10.4. The standard InChI is InChI=1S/C20H25N9O4/c1-31-15-8-6-7-13(17(15)32-2)11-22-24-20(30)16-14(12-28-9-4-3-5-10-28)29(27-23-16)19-18(21)25-33-26-19/h6-8,11H,3-5,9-10,12H2,1-2H3,(H2,21,25)(H,24,30). The lowest BCUT2D eigenvalue weighted by atomic mass is 10.1. The van der Waals surface area contributed by atoms with Gasteiger partial charge in [0, 0.05) is 12.1 Å². The van der Waals surface area contributed by atoms with Crippen molar-refractivity contribution >= 4 is 17.9 Å². The van der Waals surface area contributed by atoms with Gasteiger partial charge < -0.3 is 15.2 Å². The van der Waals surface area contributed by atoms with E-state index in [2.05, 4.69) is 36.1 Å². The SMILES string of the molecule is COc1cccc(C=NNC(=O)c2nnn(-c3nonc3N)c2CN2CCCCC2)c1OC. The van der Waals surface area contributed by atoms with Crippen LogP contribution in [-0.2, 0) is 6.54 Å². The summed E-state index contributed by atoms with van der Waals surface area (Å²) in [7, 11) is 3.08. The number of para-hydroxylation sites is 1. The second kappa shape index (κ2) is 10.1. The average molecular weight is 455 g/mol. The van der Waals surface area contributed by atoms with Crippen LogP contribution in [-0.4, -0.2) is 69.6 Å². The molecule has 2 aromatic heterocycles. The number of hydrogen-bond acceptors (Lipinski definition) is 11. The highest BCUT2D eigenvalue weighted by Gasteiger charge is 2.26. The molecule has 0 spiro atoms. The number of likely N-dealkylation sites (tertiary alicyclic amines) is 1. The van der Waals surface area contributed by atoms with Crippen molar-refractivity contribution in [2.75, 3.05) is 33.0 Å². The molecule has 4 rings (SSSR count). The van der Waals surface area contributed by atoms with Crippen molar-refractivity contribution in [3.8, 4) is 17.3 Å². The Morgan fingerprint density at radius 3 is 2.76 bits per heavy atom. The summed E-state index contributed by atoms with van der Waals surface area (Å²) in [6, 6.07) is 5.35. The van der Waals surface area contributed by atoms with E-state index in [9.17, 15) is 4.79 Å². The Bertz CT molecular complexity index is 1130. The summed E-state index contributed by atoms with van der Waals surface area (Å²) in [6.07, 6.45) is 4.82. The number of benzene rings is 1. The zero-order valence-electron chi connectivity index (χ0n) is 18.4. The number of carbonyl (C=O) groups is 1. The third kappa shape index (κ3) is 4.77. The highest BCUT2D eigenvalue weighted by Crippen LogP contribution is 2.29. The molecular weight excluding hydrogens is 430 g/mol. The van der Waals surface area contributed by atoms with Crippen LogP contribution in [0.2, 0.25) is 0 Å². The molecule has 1 aliphatic heterocycles. The summed E-state index contributed by atoms with van der Waals surface area (Å²) in [4.78, 5) is 15.2. The number of ether oxygens (including phenoxy) is 2. The topological polar surface area (TPSA) is 159 Å². The summed E-state index contributed by atoms with van der Waals surface area (Å²) in [6.45, 7) is 2.26. The van der Waals surface area contributed by atoms with E-state index in [4.69, 9.17) is 19.8 Å². The van der Waals surface area contributed by atoms with Gasteiger partial charge in [0.1, 0.15) is 0 Å². The first-order valence-electron chi connectivity index (χ1n) is 10.4. The lowest BCUT2D eigenvalue weighted by Gasteiger charge is -2.26. The fourth-order valence-corrected chi connectivity index (χ4v) is 3.68. The van der Waals surface area contributed by atoms with Crippen molar-refractivity contribution < 1.29 is 18.9 Å². The molecule has 0 radical (unpaired) electrons. The lowest BCUT2D eigenvalue weighted by molar-refractivity contribution is 0.0947. The van der Waals surface area contributed by atoms with Crippen LogP contribution >= 0.6 is 0 Å². The lowest BCUT2D eigenvalue weighted by Crippen LogP contribution is -2.31. The van der Waals surface area contributed by atoms with E-state index < -0.39 is 5.91 Å². The molecule has 1 saturated heterocycles. The Labute approximate surface area is 189 Å². The number of nitrogens with zero attached hydrogens (tertiary/aromatic N) is 7. The van der Waals surface area contributed by atoms with Gasteiger partial charge in [0.15, 0.2) is 17.2 Å². The Morgan fingerprint density at radius 2 is 2.06 bits per heavy atom. The fraction of sp³-hybridized carbons (Fsp3) is 0.400. The van der Waals surface area contributed by atoms with Crippen molar-refractivity contribution in [2.45, 2.75) is 25.8 Å². The number of rotatable bonds is 8. The summed E-state index contributed by atoms with van der Waals surface area (Å²) in [5.41, 5.74) is 9.60. The molecule has 1 aromatic carbocycles. The Balaban J connectivity index is 1.58. The highest BCUT2D eigenvalue weighted by molar-refractivity contribution is 5.94.